The van der Waals surface area contributed by atoms with E-state index in [-0.39, 0.29) is 17.3 Å². The van der Waals surface area contributed by atoms with E-state index in [0.29, 0.717) is 17.1 Å². The van der Waals surface area contributed by atoms with Crippen LogP contribution in [0.2, 0.25) is 0 Å². The molecule has 1 heterocycles. The molecular weight excluding hydrogens is 388 g/mol. The molecule has 0 saturated heterocycles. The van der Waals surface area contributed by atoms with E-state index in [1.807, 2.05) is 24.3 Å². The van der Waals surface area contributed by atoms with Crippen molar-refractivity contribution in [1.29, 1.82) is 0 Å². The van der Waals surface area contributed by atoms with Gasteiger partial charge in [0.25, 0.3) is 15.9 Å². The number of hydrogen-bond acceptors (Lipinski definition) is 4. The normalized spacial score (nSPS) is 11.3. The van der Waals surface area contributed by atoms with Crippen LogP contribution in [0.3, 0.4) is 0 Å². The number of rotatable bonds is 6. The minimum Gasteiger partial charge on any atom is -0.345 e. The highest BCUT2D eigenvalue weighted by Crippen LogP contribution is 2.16. The summed E-state index contributed by atoms with van der Waals surface area (Å²) in [5.74, 6) is 0.330. The highest BCUT2D eigenvalue weighted by molar-refractivity contribution is 7.92. The number of carbonyl (C=O) groups excluding carboxylic acids is 1. The maximum absolute atomic E-state index is 12.5. The number of nitrogens with zero attached hydrogens (tertiary/aromatic N) is 1. The standard InChI is InChI=1S/C21H18N4O3S/c26-21(22-14-20-23-18-8-4-5-9-19(18)24-20)15-10-12-17(13-11-15)29(27,28)25-16-6-2-1-3-7-16/h1-13,25H,14H2,(H,22,26)(H,23,24). The molecule has 7 nitrogen and oxygen atoms in total. The average molecular weight is 406 g/mol. The fourth-order valence-corrected chi connectivity index (χ4v) is 3.92. The fourth-order valence-electron chi connectivity index (χ4n) is 2.86. The molecule has 0 atom stereocenters. The van der Waals surface area contributed by atoms with Crippen molar-refractivity contribution in [1.82, 2.24) is 15.3 Å². The van der Waals surface area contributed by atoms with E-state index in [4.69, 9.17) is 0 Å². The molecule has 0 radical (unpaired) electrons. The van der Waals surface area contributed by atoms with Crippen LogP contribution in [-0.2, 0) is 16.6 Å². The third kappa shape index (κ3) is 4.27. The number of benzene rings is 3. The lowest BCUT2D eigenvalue weighted by Gasteiger charge is -2.09. The summed E-state index contributed by atoms with van der Waals surface area (Å²) in [6.07, 6.45) is 0. The van der Waals surface area contributed by atoms with E-state index < -0.39 is 10.0 Å². The number of sulfonamides is 1. The molecule has 4 rings (SSSR count). The predicted octanol–water partition coefficient (Wildman–Crippen LogP) is 3.29. The Morgan fingerprint density at radius 3 is 2.31 bits per heavy atom. The SMILES string of the molecule is O=C(NCc1nc2ccccc2[nH]1)c1ccc(S(=O)(=O)Nc2ccccc2)cc1. The Bertz CT molecular complexity index is 1220. The van der Waals surface area contributed by atoms with Gasteiger partial charge in [0.05, 0.1) is 22.5 Å². The summed E-state index contributed by atoms with van der Waals surface area (Å²) in [6.45, 7) is 0.239. The van der Waals surface area contributed by atoms with Crippen molar-refractivity contribution < 1.29 is 13.2 Å². The molecule has 0 fully saturated rings. The van der Waals surface area contributed by atoms with Crippen LogP contribution < -0.4 is 10.0 Å². The summed E-state index contributed by atoms with van der Waals surface area (Å²) in [5, 5.41) is 2.78. The molecule has 1 aromatic heterocycles. The van der Waals surface area contributed by atoms with Crippen LogP contribution in [0.1, 0.15) is 16.2 Å². The summed E-state index contributed by atoms with van der Waals surface area (Å²) in [4.78, 5) is 20.0. The van der Waals surface area contributed by atoms with Crippen molar-refractivity contribution in [3.8, 4) is 0 Å². The van der Waals surface area contributed by atoms with Crippen LogP contribution in [0.5, 0.6) is 0 Å². The molecule has 0 spiro atoms. The largest absolute Gasteiger partial charge is 0.345 e. The van der Waals surface area contributed by atoms with Crippen molar-refractivity contribution in [2.75, 3.05) is 4.72 Å². The number of anilines is 1. The van der Waals surface area contributed by atoms with E-state index in [9.17, 15) is 13.2 Å². The van der Waals surface area contributed by atoms with E-state index >= 15 is 0 Å². The zero-order valence-electron chi connectivity index (χ0n) is 15.3. The molecular formula is C21H18N4O3S. The number of H-pyrrole nitrogens is 1. The maximum Gasteiger partial charge on any atom is 0.261 e. The van der Waals surface area contributed by atoms with E-state index in [1.54, 1.807) is 30.3 Å². The first-order chi connectivity index (χ1) is 14.0. The summed E-state index contributed by atoms with van der Waals surface area (Å²) in [7, 11) is -3.72. The smallest absolute Gasteiger partial charge is 0.261 e. The average Bonchev–Trinajstić information content (AvgIpc) is 3.15. The Hall–Kier alpha value is -3.65. The second-order valence-electron chi connectivity index (χ2n) is 6.38. The number of imidazole rings is 1. The fraction of sp³-hybridized carbons (Fsp3) is 0.0476. The van der Waals surface area contributed by atoms with Gasteiger partial charge in [-0.05, 0) is 48.5 Å². The zero-order valence-corrected chi connectivity index (χ0v) is 16.1. The first kappa shape index (κ1) is 18.7. The molecule has 146 valence electrons. The van der Waals surface area contributed by atoms with Gasteiger partial charge >= 0.3 is 0 Å². The van der Waals surface area contributed by atoms with Gasteiger partial charge in [-0.2, -0.15) is 0 Å². The van der Waals surface area contributed by atoms with Crippen LogP contribution in [0, 0.1) is 0 Å². The molecule has 0 unspecified atom stereocenters. The second kappa shape index (κ2) is 7.76. The third-order valence-electron chi connectivity index (χ3n) is 4.31. The quantitative estimate of drug-likeness (QED) is 0.457. The van der Waals surface area contributed by atoms with Gasteiger partial charge in [-0.1, -0.05) is 30.3 Å². The lowest BCUT2D eigenvalue weighted by molar-refractivity contribution is 0.0950. The van der Waals surface area contributed by atoms with Gasteiger partial charge in [-0.25, -0.2) is 13.4 Å². The van der Waals surface area contributed by atoms with Crippen LogP contribution in [0.25, 0.3) is 11.0 Å². The molecule has 0 saturated carbocycles. The molecule has 3 N–H and O–H groups in total. The highest BCUT2D eigenvalue weighted by Gasteiger charge is 2.15. The summed E-state index contributed by atoms with van der Waals surface area (Å²) in [5.41, 5.74) is 2.56. The molecule has 0 aliphatic carbocycles. The predicted molar refractivity (Wildman–Crippen MR) is 111 cm³/mol. The highest BCUT2D eigenvalue weighted by atomic mass is 32.2. The molecule has 1 amide bonds. The number of fused-ring (bicyclic) bond motifs is 1. The molecule has 4 aromatic rings. The van der Waals surface area contributed by atoms with Crippen LogP contribution in [-0.4, -0.2) is 24.3 Å². The molecule has 0 aliphatic heterocycles. The van der Waals surface area contributed by atoms with Gasteiger partial charge in [-0.15, -0.1) is 0 Å². The molecule has 0 bridgehead atoms. The van der Waals surface area contributed by atoms with Crippen LogP contribution in [0.4, 0.5) is 5.69 Å². The van der Waals surface area contributed by atoms with Crippen molar-refractivity contribution in [3.63, 3.8) is 0 Å². The Kier molecular flexibility index (Phi) is 5.01. The Labute approximate surface area is 167 Å². The number of nitrogens with one attached hydrogen (secondary N) is 3. The maximum atomic E-state index is 12.5. The molecule has 0 aliphatic rings. The zero-order chi connectivity index (χ0) is 20.3. The number of para-hydroxylation sites is 3. The molecule has 3 aromatic carbocycles. The van der Waals surface area contributed by atoms with E-state index in [1.165, 1.54) is 24.3 Å². The number of amides is 1. The van der Waals surface area contributed by atoms with Crippen molar-refractivity contribution in [2.24, 2.45) is 0 Å². The van der Waals surface area contributed by atoms with Crippen molar-refractivity contribution >= 4 is 32.7 Å². The summed E-state index contributed by atoms with van der Waals surface area (Å²) in [6, 6.07) is 22.0. The Morgan fingerprint density at radius 1 is 0.897 bits per heavy atom. The number of carbonyl (C=O) groups is 1. The minimum absolute atomic E-state index is 0.0789. The molecule has 29 heavy (non-hydrogen) atoms. The van der Waals surface area contributed by atoms with Gasteiger partial charge in [0, 0.05) is 11.3 Å². The van der Waals surface area contributed by atoms with Crippen molar-refractivity contribution in [3.05, 3.63) is 90.3 Å². The van der Waals surface area contributed by atoms with E-state index in [2.05, 4.69) is 20.0 Å². The third-order valence-corrected chi connectivity index (χ3v) is 5.70. The topological polar surface area (TPSA) is 104 Å². The Balaban J connectivity index is 1.42. The van der Waals surface area contributed by atoms with E-state index in [0.717, 1.165) is 11.0 Å². The lowest BCUT2D eigenvalue weighted by Crippen LogP contribution is -2.23. The van der Waals surface area contributed by atoms with Gasteiger partial charge in [0.1, 0.15) is 5.82 Å². The first-order valence-corrected chi connectivity index (χ1v) is 10.4. The number of aromatic amines is 1. The van der Waals surface area contributed by atoms with Gasteiger partial charge < -0.3 is 10.3 Å². The Morgan fingerprint density at radius 2 is 1.59 bits per heavy atom. The van der Waals surface area contributed by atoms with Crippen LogP contribution in [0.15, 0.2) is 83.8 Å². The molecule has 8 heteroatoms. The monoisotopic (exact) mass is 406 g/mol. The number of aromatic nitrogens is 2. The number of hydrogen-bond donors (Lipinski definition) is 3. The lowest BCUT2D eigenvalue weighted by atomic mass is 10.2. The minimum atomic E-state index is -3.72. The second-order valence-corrected chi connectivity index (χ2v) is 8.06. The first-order valence-electron chi connectivity index (χ1n) is 8.91. The summed E-state index contributed by atoms with van der Waals surface area (Å²) >= 11 is 0. The van der Waals surface area contributed by atoms with Gasteiger partial charge in [-0.3, -0.25) is 9.52 Å². The van der Waals surface area contributed by atoms with Crippen LogP contribution >= 0.6 is 0 Å². The summed E-state index contributed by atoms with van der Waals surface area (Å²) < 4.78 is 27.4. The van der Waals surface area contributed by atoms with Gasteiger partial charge in [0.2, 0.25) is 0 Å². The van der Waals surface area contributed by atoms with Crippen molar-refractivity contribution in [2.45, 2.75) is 11.4 Å². The van der Waals surface area contributed by atoms with Gasteiger partial charge in [0.15, 0.2) is 0 Å².